The molecule has 28 N–H and O–H groups in total. The number of carbonyl (C=O) groups excluding carboxylic acids is 15. The van der Waals surface area contributed by atoms with Crippen molar-refractivity contribution in [2.75, 3.05) is 44.7 Å². The number of amides is 15. The Bertz CT molecular complexity index is 3460. The van der Waals surface area contributed by atoms with E-state index in [-0.39, 0.29) is 81.2 Å². The predicted octanol–water partition coefficient (Wildman–Crippen LogP) is -8.43. The third-order valence-corrected chi connectivity index (χ3v) is 16.7. The lowest BCUT2D eigenvalue weighted by Crippen LogP contribution is -2.60. The minimum atomic E-state index is -1.87. The number of aliphatic carboxylic acids is 2. The van der Waals surface area contributed by atoms with Crippen molar-refractivity contribution in [3.8, 4) is 11.5 Å². The Labute approximate surface area is 611 Å². The Balaban J connectivity index is 1.83. The van der Waals surface area contributed by atoms with Gasteiger partial charge in [-0.05, 0) is 112 Å². The zero-order valence-electron chi connectivity index (χ0n) is 58.2. The number of aliphatic hydroxyl groups is 1. The standard InChI is InChI=1S/C64H95N19O22S/c1-32(84)53(61(102)80-42(63(104)105)5-3-24-71-64(69)70)82-58(99)40(23-26-106-2)75-51(92)31-73-60(101)45-6-4-25-83(45)62(103)41(17-21-48(68)89)79-57(98)39(16-20-47(67)88)78-56(97)38(15-19-46(66)87)77-55(96)37(18-22-52(93)94)74-50(91)30-72-54(95)43(27-33-7-11-35(85)12-8-33)81-59(100)44(76-49(90)29-65)28-34-9-13-36(86)14-10-34/h7-14,32,37-45,53,84-86H,3-6,15-31,65H2,1-2H3,(H2,66,87)(H2,67,88)(H2,68,89)(H,72,95)(H,73,101)(H,74,91)(H,75,92)(H,76,90)(H,77,96)(H,78,97)(H,79,98)(H,80,102)(H,81,100)(H,82,99)(H,93,94)(H,104,105)(H4,69,70,71)/t32-,37+,38+,39+,40+,41+,42+,43+,44+,45+,53+/m1/s1. The van der Waals surface area contributed by atoms with Crippen molar-refractivity contribution < 1.29 is 107 Å². The second-order valence-corrected chi connectivity index (χ2v) is 25.5. The maximum Gasteiger partial charge on any atom is 0.326 e. The Morgan fingerprint density at radius 2 is 0.925 bits per heavy atom. The molecule has 0 aromatic heterocycles. The molecule has 0 unspecified atom stereocenters. The highest BCUT2D eigenvalue weighted by atomic mass is 32.2. The van der Waals surface area contributed by atoms with E-state index in [0.717, 1.165) is 11.8 Å². The number of carboxylic acids is 2. The first-order valence-corrected chi connectivity index (χ1v) is 34.8. The molecule has 584 valence electrons. The number of phenols is 2. The third-order valence-electron chi connectivity index (χ3n) is 16.0. The van der Waals surface area contributed by atoms with Crippen LogP contribution in [0.3, 0.4) is 0 Å². The summed E-state index contributed by atoms with van der Waals surface area (Å²) in [6.45, 7) is -1.17. The van der Waals surface area contributed by atoms with Crippen molar-refractivity contribution in [1.82, 2.24) is 68.7 Å². The van der Waals surface area contributed by atoms with Gasteiger partial charge in [0, 0.05) is 51.6 Å². The fraction of sp³-hybridized carbons (Fsp3) is 0.531. The molecule has 1 fully saturated rings. The molecule has 11 atom stereocenters. The number of rotatable bonds is 48. The summed E-state index contributed by atoms with van der Waals surface area (Å²) in [5.74, 6) is -18.7. The van der Waals surface area contributed by atoms with Crippen LogP contribution in [0, 0.1) is 5.41 Å². The largest absolute Gasteiger partial charge is 0.508 e. The average Bonchev–Trinajstić information content (AvgIpc) is 1.63. The van der Waals surface area contributed by atoms with Crippen molar-refractivity contribution in [3.63, 3.8) is 0 Å². The number of nitrogens with two attached hydrogens (primary N) is 5. The van der Waals surface area contributed by atoms with Crippen molar-refractivity contribution in [3.05, 3.63) is 59.7 Å². The summed E-state index contributed by atoms with van der Waals surface area (Å²) in [4.78, 5) is 227. The Morgan fingerprint density at radius 1 is 0.509 bits per heavy atom. The molecular weight excluding hydrogens is 1420 g/mol. The first kappa shape index (κ1) is 88.8. The van der Waals surface area contributed by atoms with Crippen LogP contribution in [-0.2, 0) is 94.3 Å². The number of hydrogen-bond acceptors (Lipinski definition) is 23. The number of primary amides is 3. The lowest BCUT2D eigenvalue weighted by Gasteiger charge is -2.30. The van der Waals surface area contributed by atoms with Gasteiger partial charge >= 0.3 is 11.9 Å². The van der Waals surface area contributed by atoms with Gasteiger partial charge in [0.15, 0.2) is 5.96 Å². The van der Waals surface area contributed by atoms with Crippen molar-refractivity contribution >= 4 is 118 Å². The lowest BCUT2D eigenvalue weighted by atomic mass is 10.0. The van der Waals surface area contributed by atoms with Crippen LogP contribution in [0.2, 0.25) is 0 Å². The van der Waals surface area contributed by atoms with E-state index >= 15 is 0 Å². The number of phenolic OH excluding ortho intramolecular Hbond substituents is 2. The van der Waals surface area contributed by atoms with E-state index in [2.05, 4.69) is 63.8 Å². The molecule has 1 aliphatic rings. The molecule has 0 spiro atoms. The number of carbonyl (C=O) groups is 17. The molecule has 1 saturated heterocycles. The summed E-state index contributed by atoms with van der Waals surface area (Å²) in [6.07, 6.45) is -5.29. The van der Waals surface area contributed by atoms with Gasteiger partial charge in [0.05, 0.1) is 25.7 Å². The lowest BCUT2D eigenvalue weighted by molar-refractivity contribution is -0.143. The Hall–Kier alpha value is -11.4. The van der Waals surface area contributed by atoms with Crippen LogP contribution < -0.4 is 92.5 Å². The highest BCUT2D eigenvalue weighted by molar-refractivity contribution is 7.98. The second kappa shape index (κ2) is 45.6. The van der Waals surface area contributed by atoms with Gasteiger partial charge in [0.2, 0.25) is 88.6 Å². The first-order valence-electron chi connectivity index (χ1n) is 33.4. The summed E-state index contributed by atoms with van der Waals surface area (Å²) in [7, 11) is 0. The number of guanidine groups is 1. The van der Waals surface area contributed by atoms with Gasteiger partial charge in [-0.2, -0.15) is 11.8 Å². The number of nitrogens with one attached hydrogen (secondary N) is 13. The van der Waals surface area contributed by atoms with Gasteiger partial charge in [-0.1, -0.05) is 24.3 Å². The van der Waals surface area contributed by atoms with Gasteiger partial charge < -0.3 is 123 Å². The molecule has 2 aromatic carbocycles. The molecule has 0 aliphatic carbocycles. The molecule has 2 aromatic rings. The summed E-state index contributed by atoms with van der Waals surface area (Å²) >= 11 is 1.27. The molecule has 1 heterocycles. The second-order valence-electron chi connectivity index (χ2n) is 24.5. The SMILES string of the molecule is CSCC[C@H](NC(=O)CNC(=O)[C@@H]1CCCN1C(=O)[C@H](CCC(N)=O)NC(=O)[C@H](CCC(N)=O)NC(=O)[C@H](CCC(N)=O)NC(=O)[C@H](CCC(=O)O)NC(=O)CNC(=O)[C@H](Cc1ccc(O)cc1)NC(=O)[C@H](Cc1ccc(O)cc1)NC(=O)CN)C(=O)N[C@H](C(=O)N[C@@H](CCCNC(=N)N)C(=O)O)[C@@H](C)O. The number of aromatic hydroxyl groups is 2. The topological polar surface area (TPSA) is 693 Å². The zero-order chi connectivity index (χ0) is 79.3. The quantitative estimate of drug-likeness (QED) is 0.0166. The van der Waals surface area contributed by atoms with Gasteiger partial charge in [0.1, 0.15) is 71.9 Å². The van der Waals surface area contributed by atoms with Crippen molar-refractivity contribution in [1.29, 1.82) is 5.41 Å². The summed E-state index contributed by atoms with van der Waals surface area (Å²) in [6, 6.07) is -5.03. The molecule has 106 heavy (non-hydrogen) atoms. The number of carboxylic acid groups (broad SMARTS) is 2. The molecule has 0 bridgehead atoms. The van der Waals surface area contributed by atoms with E-state index < -0.39 is 238 Å². The minimum absolute atomic E-state index is 0.0153. The van der Waals surface area contributed by atoms with Crippen LogP contribution >= 0.6 is 11.8 Å². The number of aliphatic hydroxyl groups excluding tert-OH is 1. The van der Waals surface area contributed by atoms with Crippen LogP contribution in [0.1, 0.15) is 102 Å². The van der Waals surface area contributed by atoms with E-state index in [0.29, 0.717) is 11.1 Å². The van der Waals surface area contributed by atoms with Crippen LogP contribution in [0.5, 0.6) is 11.5 Å². The normalized spacial score (nSPS) is 15.1. The maximum atomic E-state index is 14.5. The zero-order valence-corrected chi connectivity index (χ0v) is 59.1. The number of hydrogen-bond donors (Lipinski definition) is 23. The Kier molecular flexibility index (Phi) is 38.2. The molecule has 42 heteroatoms. The molecule has 0 saturated carbocycles. The fourth-order valence-electron chi connectivity index (χ4n) is 10.5. The monoisotopic (exact) mass is 1510 g/mol. The predicted molar refractivity (Wildman–Crippen MR) is 374 cm³/mol. The number of likely N-dealkylation sites (tertiary alicyclic amines) is 1. The highest BCUT2D eigenvalue weighted by Crippen LogP contribution is 2.21. The Morgan fingerprint density at radius 3 is 1.39 bits per heavy atom. The summed E-state index contributed by atoms with van der Waals surface area (Å²) in [5, 5.41) is 85.2. The highest BCUT2D eigenvalue weighted by Gasteiger charge is 2.40. The minimum Gasteiger partial charge on any atom is -0.508 e. The molecular formula is C64H95N19O22S. The van der Waals surface area contributed by atoms with Gasteiger partial charge in [-0.25, -0.2) is 4.79 Å². The van der Waals surface area contributed by atoms with Gasteiger partial charge in [-0.15, -0.1) is 0 Å². The fourth-order valence-corrected chi connectivity index (χ4v) is 10.9. The summed E-state index contributed by atoms with van der Waals surface area (Å²) < 4.78 is 0. The van der Waals surface area contributed by atoms with Gasteiger partial charge in [0.25, 0.3) is 0 Å². The number of nitrogens with zero attached hydrogens (tertiary/aromatic N) is 1. The number of benzene rings is 2. The summed E-state index contributed by atoms with van der Waals surface area (Å²) in [5.41, 5.74) is 27.9. The van der Waals surface area contributed by atoms with Crippen LogP contribution in [0.25, 0.3) is 0 Å². The van der Waals surface area contributed by atoms with Crippen LogP contribution in [-0.4, -0.2) is 248 Å². The van der Waals surface area contributed by atoms with E-state index in [1.165, 1.54) is 60.3 Å². The van der Waals surface area contributed by atoms with Crippen molar-refractivity contribution in [2.24, 2.45) is 28.7 Å². The molecule has 41 nitrogen and oxygen atoms in total. The molecule has 3 rings (SSSR count). The first-order chi connectivity index (χ1) is 50.0. The van der Waals surface area contributed by atoms with Crippen LogP contribution in [0.4, 0.5) is 0 Å². The van der Waals surface area contributed by atoms with Crippen LogP contribution in [0.15, 0.2) is 48.5 Å². The molecule has 1 aliphatic heterocycles. The average molecular weight is 1510 g/mol. The van der Waals surface area contributed by atoms with Crippen molar-refractivity contribution in [2.45, 2.75) is 170 Å². The van der Waals surface area contributed by atoms with E-state index in [4.69, 9.17) is 34.1 Å². The van der Waals surface area contributed by atoms with E-state index in [1.54, 1.807) is 6.26 Å². The maximum absolute atomic E-state index is 14.5. The third kappa shape index (κ3) is 32.9. The number of thioether (sulfide) groups is 1. The molecule has 15 amide bonds. The van der Waals surface area contributed by atoms with Gasteiger partial charge in [-0.3, -0.25) is 82.1 Å². The van der Waals surface area contributed by atoms with E-state index in [1.807, 2.05) is 0 Å². The smallest absolute Gasteiger partial charge is 0.326 e. The van der Waals surface area contributed by atoms with E-state index in [9.17, 15) is 107 Å². The molecule has 0 radical (unpaired) electrons.